The second-order valence-corrected chi connectivity index (χ2v) is 8.00. The molecule has 4 rings (SSSR count). The van der Waals surface area contributed by atoms with Gasteiger partial charge < -0.3 is 14.5 Å². The molecule has 1 atom stereocenters. The number of nitrogens with zero attached hydrogens (tertiary/aromatic N) is 2. The number of benzene rings is 1. The number of carbonyl (C=O) groups is 1. The van der Waals surface area contributed by atoms with Crippen LogP contribution in [0.15, 0.2) is 18.2 Å². The second kappa shape index (κ2) is 6.60. The van der Waals surface area contributed by atoms with Crippen molar-refractivity contribution in [3.63, 3.8) is 0 Å². The van der Waals surface area contributed by atoms with Crippen molar-refractivity contribution in [2.45, 2.75) is 38.6 Å². The Hall–Kier alpha value is -1.62. The van der Waals surface area contributed by atoms with E-state index in [4.69, 9.17) is 4.74 Å². The molecule has 25 heavy (non-hydrogen) atoms. The van der Waals surface area contributed by atoms with Gasteiger partial charge in [-0.3, -0.25) is 4.79 Å². The summed E-state index contributed by atoms with van der Waals surface area (Å²) in [7, 11) is 1.57. The highest BCUT2D eigenvalue weighted by Gasteiger charge is 2.48. The first-order chi connectivity index (χ1) is 12.1. The van der Waals surface area contributed by atoms with Crippen LogP contribution in [-0.2, 0) is 11.3 Å². The Morgan fingerprint density at radius 2 is 2.12 bits per heavy atom. The Balaban J connectivity index is 1.47. The highest BCUT2D eigenvalue weighted by molar-refractivity contribution is 5.84. The smallest absolute Gasteiger partial charge is 0.230 e. The van der Waals surface area contributed by atoms with Crippen LogP contribution in [0, 0.1) is 17.2 Å². The van der Waals surface area contributed by atoms with Crippen molar-refractivity contribution in [2.24, 2.45) is 11.3 Å². The number of amides is 1. The second-order valence-electron chi connectivity index (χ2n) is 8.00. The average molecular weight is 346 g/mol. The summed E-state index contributed by atoms with van der Waals surface area (Å²) in [6.07, 6.45) is 5.63. The number of likely N-dealkylation sites (tertiary alicyclic amines) is 2. The van der Waals surface area contributed by atoms with Gasteiger partial charge in [0, 0.05) is 31.7 Å². The number of halogens is 1. The molecule has 2 saturated heterocycles. The highest BCUT2D eigenvalue weighted by Crippen LogP contribution is 2.42. The maximum Gasteiger partial charge on any atom is 0.230 e. The van der Waals surface area contributed by atoms with Crippen molar-refractivity contribution in [2.75, 3.05) is 33.3 Å². The van der Waals surface area contributed by atoms with Crippen molar-refractivity contribution in [3.8, 4) is 5.75 Å². The molecule has 1 amide bonds. The molecule has 0 radical (unpaired) electrons. The van der Waals surface area contributed by atoms with Crippen molar-refractivity contribution < 1.29 is 13.9 Å². The molecule has 1 aromatic rings. The zero-order valence-corrected chi connectivity index (χ0v) is 15.0. The molecule has 4 nitrogen and oxygen atoms in total. The van der Waals surface area contributed by atoms with Crippen LogP contribution in [0.3, 0.4) is 0 Å². The SMILES string of the molecule is COc1ccc(F)c(CN2CCCC3(CCN(CC4CC4)C3)C2=O)c1. The largest absolute Gasteiger partial charge is 0.497 e. The molecule has 2 aliphatic heterocycles. The molecule has 1 unspecified atom stereocenters. The molecule has 0 N–H and O–H groups in total. The summed E-state index contributed by atoms with van der Waals surface area (Å²) in [5.41, 5.74) is 0.306. The molecule has 136 valence electrons. The molecule has 0 aromatic heterocycles. The highest BCUT2D eigenvalue weighted by atomic mass is 19.1. The fourth-order valence-corrected chi connectivity index (χ4v) is 4.47. The van der Waals surface area contributed by atoms with Gasteiger partial charge in [-0.15, -0.1) is 0 Å². The minimum atomic E-state index is -0.269. The molecule has 5 heteroatoms. The lowest BCUT2D eigenvalue weighted by molar-refractivity contribution is -0.146. The fourth-order valence-electron chi connectivity index (χ4n) is 4.47. The van der Waals surface area contributed by atoms with E-state index in [1.165, 1.54) is 18.9 Å². The predicted octanol–water partition coefficient (Wildman–Crippen LogP) is 3.06. The van der Waals surface area contributed by atoms with Crippen molar-refractivity contribution in [1.82, 2.24) is 9.80 Å². The summed E-state index contributed by atoms with van der Waals surface area (Å²) in [4.78, 5) is 17.6. The monoisotopic (exact) mass is 346 g/mol. The quantitative estimate of drug-likeness (QED) is 0.821. The molecule has 3 aliphatic rings. The topological polar surface area (TPSA) is 32.8 Å². The van der Waals surface area contributed by atoms with Crippen molar-refractivity contribution in [3.05, 3.63) is 29.6 Å². The van der Waals surface area contributed by atoms with E-state index in [1.807, 2.05) is 4.90 Å². The van der Waals surface area contributed by atoms with Crippen LogP contribution >= 0.6 is 0 Å². The number of hydrogen-bond acceptors (Lipinski definition) is 3. The normalized spacial score (nSPS) is 27.3. The fraction of sp³-hybridized carbons (Fsp3) is 0.650. The molecule has 0 bridgehead atoms. The van der Waals surface area contributed by atoms with Gasteiger partial charge in [0.25, 0.3) is 0 Å². The van der Waals surface area contributed by atoms with Crippen molar-refractivity contribution >= 4 is 5.91 Å². The van der Waals surface area contributed by atoms with Gasteiger partial charge in [0.2, 0.25) is 5.91 Å². The first-order valence-electron chi connectivity index (χ1n) is 9.44. The third kappa shape index (κ3) is 3.39. The van der Waals surface area contributed by atoms with Crippen LogP contribution in [0.4, 0.5) is 4.39 Å². The maximum atomic E-state index is 14.2. The minimum absolute atomic E-state index is 0.222. The first-order valence-corrected chi connectivity index (χ1v) is 9.44. The Morgan fingerprint density at radius 3 is 2.88 bits per heavy atom. The summed E-state index contributed by atoms with van der Waals surface area (Å²) < 4.78 is 19.4. The summed E-state index contributed by atoms with van der Waals surface area (Å²) in [5, 5.41) is 0. The molecule has 1 aliphatic carbocycles. The van der Waals surface area contributed by atoms with Crippen LogP contribution in [0.5, 0.6) is 5.75 Å². The van der Waals surface area contributed by atoms with Crippen LogP contribution in [-0.4, -0.2) is 49.0 Å². The summed E-state index contributed by atoms with van der Waals surface area (Å²) in [5.74, 6) is 1.44. The Kier molecular flexibility index (Phi) is 4.44. The van der Waals surface area contributed by atoms with E-state index in [-0.39, 0.29) is 17.1 Å². The number of methoxy groups -OCH3 is 1. The Labute approximate surface area is 148 Å². The van der Waals surface area contributed by atoms with Crippen LogP contribution in [0.25, 0.3) is 0 Å². The molecule has 1 spiro atoms. The van der Waals surface area contributed by atoms with E-state index in [9.17, 15) is 9.18 Å². The number of piperidine rings is 1. The molecule has 2 heterocycles. The third-order valence-corrected chi connectivity index (χ3v) is 6.08. The van der Waals surface area contributed by atoms with Crippen LogP contribution < -0.4 is 4.74 Å². The van der Waals surface area contributed by atoms with E-state index in [2.05, 4.69) is 4.90 Å². The van der Waals surface area contributed by atoms with Crippen molar-refractivity contribution in [1.29, 1.82) is 0 Å². The number of ether oxygens (including phenoxy) is 1. The summed E-state index contributed by atoms with van der Waals surface area (Å²) in [6, 6.07) is 4.74. The van der Waals surface area contributed by atoms with Gasteiger partial charge in [-0.25, -0.2) is 4.39 Å². The third-order valence-electron chi connectivity index (χ3n) is 6.08. The Morgan fingerprint density at radius 1 is 1.28 bits per heavy atom. The standard InChI is InChI=1S/C20H27FN2O2/c1-25-17-5-6-18(21)16(11-17)13-23-9-2-7-20(19(23)24)8-10-22(14-20)12-15-3-4-15/h5-6,11,15H,2-4,7-10,12-14H2,1H3. The van der Waals surface area contributed by atoms with Gasteiger partial charge in [-0.1, -0.05) is 0 Å². The zero-order valence-electron chi connectivity index (χ0n) is 15.0. The van der Waals surface area contributed by atoms with Gasteiger partial charge in [-0.2, -0.15) is 0 Å². The molecular formula is C20H27FN2O2. The van der Waals surface area contributed by atoms with Gasteiger partial charge >= 0.3 is 0 Å². The predicted molar refractivity (Wildman–Crippen MR) is 93.8 cm³/mol. The summed E-state index contributed by atoms with van der Waals surface area (Å²) in [6.45, 7) is 4.13. The first kappa shape index (κ1) is 16.8. The molecule has 1 saturated carbocycles. The zero-order chi connectivity index (χ0) is 17.4. The number of carbonyl (C=O) groups excluding carboxylic acids is 1. The molecule has 1 aromatic carbocycles. The van der Waals surface area contributed by atoms with Gasteiger partial charge in [-0.05, 0) is 62.8 Å². The van der Waals surface area contributed by atoms with Crippen LogP contribution in [0.1, 0.15) is 37.7 Å². The number of hydrogen-bond donors (Lipinski definition) is 0. The van der Waals surface area contributed by atoms with E-state index in [0.717, 1.165) is 51.4 Å². The lowest BCUT2D eigenvalue weighted by atomic mass is 9.78. The molecular weight excluding hydrogens is 319 g/mol. The van der Waals surface area contributed by atoms with E-state index >= 15 is 0 Å². The Bertz CT molecular complexity index is 661. The van der Waals surface area contributed by atoms with E-state index in [0.29, 0.717) is 17.9 Å². The number of rotatable bonds is 5. The minimum Gasteiger partial charge on any atom is -0.497 e. The summed E-state index contributed by atoms with van der Waals surface area (Å²) >= 11 is 0. The lowest BCUT2D eigenvalue weighted by Crippen LogP contribution is -2.49. The van der Waals surface area contributed by atoms with Gasteiger partial charge in [0.1, 0.15) is 11.6 Å². The van der Waals surface area contributed by atoms with E-state index < -0.39 is 0 Å². The van der Waals surface area contributed by atoms with E-state index in [1.54, 1.807) is 19.2 Å². The van der Waals surface area contributed by atoms with Gasteiger partial charge in [0.15, 0.2) is 0 Å². The van der Waals surface area contributed by atoms with Crippen LogP contribution in [0.2, 0.25) is 0 Å². The maximum absolute atomic E-state index is 14.2. The average Bonchev–Trinajstić information content (AvgIpc) is 3.33. The van der Waals surface area contributed by atoms with Gasteiger partial charge in [0.05, 0.1) is 12.5 Å². The molecule has 3 fully saturated rings. The lowest BCUT2D eigenvalue weighted by Gasteiger charge is -2.39.